The molecule has 0 spiro atoms. The van der Waals surface area contributed by atoms with E-state index in [0.29, 0.717) is 6.29 Å². The van der Waals surface area contributed by atoms with Crippen molar-refractivity contribution in [1.29, 1.82) is 0 Å². The maximum absolute atomic E-state index is 11.2. The highest BCUT2D eigenvalue weighted by Gasteiger charge is 1.98. The number of carbonyl (C=O) groups is 1. The third-order valence-corrected chi connectivity index (χ3v) is 2.05. The Hall–Kier alpha value is -1.83. The van der Waals surface area contributed by atoms with Gasteiger partial charge in [-0.2, -0.15) is 0 Å². The molecule has 0 saturated carbocycles. The van der Waals surface area contributed by atoms with E-state index in [4.69, 9.17) is 0 Å². The van der Waals surface area contributed by atoms with Crippen LogP contribution in [-0.4, -0.2) is 6.29 Å². The van der Waals surface area contributed by atoms with Gasteiger partial charge in [-0.3, -0.25) is 4.79 Å². The second-order valence-electron chi connectivity index (χ2n) is 2.82. The van der Waals surface area contributed by atoms with Crippen LogP contribution in [0.3, 0.4) is 0 Å². The average molecular weight is 171 g/mol. The molecular weight excluding hydrogens is 164 g/mol. The van der Waals surface area contributed by atoms with Crippen LogP contribution < -0.4 is 5.11 Å². The van der Waals surface area contributed by atoms with Crippen molar-refractivity contribution in [3.63, 3.8) is 0 Å². The Labute approximate surface area is 75.4 Å². The summed E-state index contributed by atoms with van der Waals surface area (Å²) >= 11 is 0. The van der Waals surface area contributed by atoms with E-state index in [1.165, 1.54) is 6.07 Å². The van der Waals surface area contributed by atoms with Gasteiger partial charge < -0.3 is 5.11 Å². The Balaban J connectivity index is 2.91. The fraction of sp³-hybridized carbons (Fsp3) is 0. The van der Waals surface area contributed by atoms with E-state index >= 15 is 0 Å². The normalized spacial score (nSPS) is 10.2. The van der Waals surface area contributed by atoms with E-state index in [1.54, 1.807) is 12.1 Å². The fourth-order valence-electron chi connectivity index (χ4n) is 1.40. The molecule has 0 N–H and O–H groups in total. The monoisotopic (exact) mass is 171 g/mol. The third kappa shape index (κ3) is 1.16. The van der Waals surface area contributed by atoms with E-state index in [2.05, 4.69) is 0 Å². The van der Waals surface area contributed by atoms with Crippen molar-refractivity contribution in [2.24, 2.45) is 0 Å². The molecule has 0 atom stereocenters. The molecule has 0 bridgehead atoms. The van der Waals surface area contributed by atoms with Gasteiger partial charge >= 0.3 is 0 Å². The molecule has 0 amide bonds. The van der Waals surface area contributed by atoms with E-state index < -0.39 is 0 Å². The molecule has 0 unspecified atom stereocenters. The van der Waals surface area contributed by atoms with Gasteiger partial charge in [0.25, 0.3) is 0 Å². The van der Waals surface area contributed by atoms with Crippen LogP contribution in [0.1, 0.15) is 10.4 Å². The van der Waals surface area contributed by atoms with Crippen LogP contribution in [-0.2, 0) is 0 Å². The summed E-state index contributed by atoms with van der Waals surface area (Å²) in [6.07, 6.45) is 0.616. The number of benzene rings is 2. The zero-order valence-corrected chi connectivity index (χ0v) is 6.86. The predicted octanol–water partition coefficient (Wildman–Crippen LogP) is 1.73. The predicted molar refractivity (Wildman–Crippen MR) is 48.8 cm³/mol. The Morgan fingerprint density at radius 2 is 1.85 bits per heavy atom. The summed E-state index contributed by atoms with van der Waals surface area (Å²) in [5.74, 6) is -0.214. The van der Waals surface area contributed by atoms with Crippen molar-refractivity contribution >= 4 is 17.1 Å². The van der Waals surface area contributed by atoms with Gasteiger partial charge in [0.15, 0.2) is 0 Å². The van der Waals surface area contributed by atoms with Crippen molar-refractivity contribution in [3.05, 3.63) is 42.0 Å². The maximum Gasteiger partial charge on any atom is 0.150 e. The third-order valence-electron chi connectivity index (χ3n) is 2.05. The van der Waals surface area contributed by atoms with Crippen molar-refractivity contribution < 1.29 is 9.90 Å². The van der Waals surface area contributed by atoms with Gasteiger partial charge in [-0.1, -0.05) is 42.1 Å². The number of fused-ring (bicyclic) bond motifs is 1. The quantitative estimate of drug-likeness (QED) is 0.613. The lowest BCUT2D eigenvalue weighted by atomic mass is 10.0. The Kier molecular flexibility index (Phi) is 1.74. The standard InChI is InChI=1S/C11H8O2/c12-7-10-9-4-2-1-3-8(9)5-6-11(10)13/h1-7,13H/p-1. The van der Waals surface area contributed by atoms with Crippen molar-refractivity contribution in [2.45, 2.75) is 0 Å². The highest BCUT2D eigenvalue weighted by molar-refractivity contribution is 6.00. The molecule has 0 aromatic heterocycles. The largest absolute Gasteiger partial charge is 0.872 e. The van der Waals surface area contributed by atoms with Crippen LogP contribution in [0.4, 0.5) is 0 Å². The number of carbonyl (C=O) groups excluding carboxylic acids is 1. The number of aldehydes is 1. The van der Waals surface area contributed by atoms with Gasteiger partial charge in [-0.25, -0.2) is 0 Å². The van der Waals surface area contributed by atoms with E-state index in [0.717, 1.165) is 10.8 Å². The molecule has 64 valence electrons. The summed E-state index contributed by atoms with van der Waals surface area (Å²) < 4.78 is 0. The minimum atomic E-state index is -0.214. The van der Waals surface area contributed by atoms with Crippen LogP contribution >= 0.6 is 0 Å². The van der Waals surface area contributed by atoms with Gasteiger partial charge in [-0.15, -0.1) is 0 Å². The number of hydrogen-bond acceptors (Lipinski definition) is 2. The molecule has 0 heterocycles. The maximum atomic E-state index is 11.2. The smallest absolute Gasteiger partial charge is 0.150 e. The second-order valence-corrected chi connectivity index (χ2v) is 2.82. The number of rotatable bonds is 1. The summed E-state index contributed by atoms with van der Waals surface area (Å²) in [6, 6.07) is 10.5. The molecule has 0 aliphatic rings. The van der Waals surface area contributed by atoms with Gasteiger partial charge in [0.1, 0.15) is 6.29 Å². The lowest BCUT2D eigenvalue weighted by molar-refractivity contribution is -0.268. The highest BCUT2D eigenvalue weighted by Crippen LogP contribution is 2.23. The van der Waals surface area contributed by atoms with Crippen LogP contribution in [0.2, 0.25) is 0 Å². The fourth-order valence-corrected chi connectivity index (χ4v) is 1.40. The summed E-state index contributed by atoms with van der Waals surface area (Å²) in [4.78, 5) is 10.6. The first-order chi connectivity index (χ1) is 6.33. The highest BCUT2D eigenvalue weighted by atomic mass is 16.3. The van der Waals surface area contributed by atoms with Gasteiger partial charge in [0.05, 0.1) is 0 Å². The van der Waals surface area contributed by atoms with Crippen LogP contribution in [0, 0.1) is 0 Å². The van der Waals surface area contributed by atoms with E-state index in [1.807, 2.05) is 18.2 Å². The molecule has 0 saturated heterocycles. The second kappa shape index (κ2) is 2.90. The zero-order chi connectivity index (χ0) is 9.26. The van der Waals surface area contributed by atoms with Gasteiger partial charge in [-0.05, 0) is 10.8 Å². The zero-order valence-electron chi connectivity index (χ0n) is 6.86. The first-order valence-corrected chi connectivity index (χ1v) is 3.97. The molecule has 0 fully saturated rings. The lowest BCUT2D eigenvalue weighted by Gasteiger charge is -2.10. The molecule has 2 nitrogen and oxygen atoms in total. The first kappa shape index (κ1) is 7.80. The molecule has 2 rings (SSSR count). The topological polar surface area (TPSA) is 40.1 Å². The van der Waals surface area contributed by atoms with E-state index in [9.17, 15) is 9.90 Å². The Morgan fingerprint density at radius 1 is 1.08 bits per heavy atom. The average Bonchev–Trinajstić information content (AvgIpc) is 2.18. The number of hydrogen-bond donors (Lipinski definition) is 0. The van der Waals surface area contributed by atoms with Crippen LogP contribution in [0.15, 0.2) is 36.4 Å². The van der Waals surface area contributed by atoms with E-state index in [-0.39, 0.29) is 11.3 Å². The molecule has 2 aromatic carbocycles. The summed E-state index contributed by atoms with van der Waals surface area (Å²) in [7, 11) is 0. The van der Waals surface area contributed by atoms with Crippen LogP contribution in [0.25, 0.3) is 10.8 Å². The lowest BCUT2D eigenvalue weighted by Crippen LogP contribution is -1.96. The van der Waals surface area contributed by atoms with Crippen molar-refractivity contribution in [2.75, 3.05) is 0 Å². The summed E-state index contributed by atoms with van der Waals surface area (Å²) in [6.45, 7) is 0. The molecule has 2 heteroatoms. The summed E-state index contributed by atoms with van der Waals surface area (Å²) in [5.41, 5.74) is 0.248. The molecule has 0 aliphatic heterocycles. The molecular formula is C11H7O2-. The molecule has 13 heavy (non-hydrogen) atoms. The van der Waals surface area contributed by atoms with Crippen LogP contribution in [0.5, 0.6) is 5.75 Å². The SMILES string of the molecule is O=Cc1c([O-])ccc2ccccc12. The first-order valence-electron chi connectivity index (χ1n) is 3.97. The minimum absolute atomic E-state index is 0.214. The van der Waals surface area contributed by atoms with Crippen molar-refractivity contribution in [1.82, 2.24) is 0 Å². The molecule has 2 aromatic rings. The Bertz CT molecular complexity index is 461. The molecule has 0 radical (unpaired) electrons. The summed E-state index contributed by atoms with van der Waals surface area (Å²) in [5, 5.41) is 12.9. The van der Waals surface area contributed by atoms with Gasteiger partial charge in [0, 0.05) is 5.56 Å². The minimum Gasteiger partial charge on any atom is -0.872 e. The van der Waals surface area contributed by atoms with Crippen molar-refractivity contribution in [3.8, 4) is 5.75 Å². The Morgan fingerprint density at radius 3 is 2.62 bits per heavy atom. The molecule has 0 aliphatic carbocycles. The van der Waals surface area contributed by atoms with Gasteiger partial charge in [0.2, 0.25) is 0 Å².